The molecule has 2 aromatic rings. The number of carboxylic acids is 1. The molecular weight excluding hydrogens is 471 g/mol. The van der Waals surface area contributed by atoms with Crippen molar-refractivity contribution in [3.8, 4) is 0 Å². The van der Waals surface area contributed by atoms with Crippen molar-refractivity contribution in [3.63, 3.8) is 0 Å². The number of hydrogen-bond donors (Lipinski definition) is 2. The number of benzene rings is 2. The first-order valence-electron chi connectivity index (χ1n) is 11.8. The molecule has 8 heteroatoms. The number of carbonyl (C=O) groups excluding carboxylic acids is 1. The minimum atomic E-state index is -0.929. The molecule has 2 rings (SSSR count). The van der Waals surface area contributed by atoms with Crippen molar-refractivity contribution in [1.29, 1.82) is 0 Å². The van der Waals surface area contributed by atoms with E-state index in [4.69, 9.17) is 16.3 Å². The van der Waals surface area contributed by atoms with E-state index in [1.165, 1.54) is 19.2 Å². The minimum absolute atomic E-state index is 0.0989. The Labute approximate surface area is 212 Å². The standard InChI is InChI=1S/C27H36ClFN2O4/c1-17(2)14-31(15-18(3)4)25-9-7-19(21(16-35-5)12-27(33)34)10-24(25)30-26(32)11-20-6-8-22(28)13-23(20)29/h6-10,13,17-18,21H,11-12,14-16H2,1-5H3,(H,30,32)(H,33,34). The van der Waals surface area contributed by atoms with Crippen molar-refractivity contribution in [3.05, 3.63) is 58.4 Å². The summed E-state index contributed by atoms with van der Waals surface area (Å²) in [7, 11) is 1.53. The number of ether oxygens (including phenoxy) is 1. The topological polar surface area (TPSA) is 78.9 Å². The third-order valence-electron chi connectivity index (χ3n) is 5.43. The number of rotatable bonds is 13. The van der Waals surface area contributed by atoms with Crippen LogP contribution >= 0.6 is 11.6 Å². The lowest BCUT2D eigenvalue weighted by Crippen LogP contribution is -2.32. The number of nitrogens with one attached hydrogen (secondary N) is 1. The second-order valence-electron chi connectivity index (χ2n) is 9.68. The molecule has 1 amide bonds. The van der Waals surface area contributed by atoms with Crippen molar-refractivity contribution in [2.24, 2.45) is 11.8 Å². The van der Waals surface area contributed by atoms with Crippen LogP contribution in [0.3, 0.4) is 0 Å². The van der Waals surface area contributed by atoms with Gasteiger partial charge in [0.2, 0.25) is 5.91 Å². The maximum Gasteiger partial charge on any atom is 0.304 e. The third kappa shape index (κ3) is 9.15. The number of methoxy groups -OCH3 is 1. The van der Waals surface area contributed by atoms with Gasteiger partial charge in [-0.15, -0.1) is 0 Å². The van der Waals surface area contributed by atoms with Crippen LogP contribution in [0.2, 0.25) is 5.02 Å². The van der Waals surface area contributed by atoms with Crippen LogP contribution in [0.4, 0.5) is 15.8 Å². The summed E-state index contributed by atoms with van der Waals surface area (Å²) < 4.78 is 19.5. The van der Waals surface area contributed by atoms with E-state index in [-0.39, 0.29) is 41.9 Å². The van der Waals surface area contributed by atoms with Crippen LogP contribution < -0.4 is 10.2 Å². The molecule has 35 heavy (non-hydrogen) atoms. The molecule has 0 bridgehead atoms. The quantitative estimate of drug-likeness (QED) is 0.349. The molecule has 6 nitrogen and oxygen atoms in total. The number of halogens is 2. The van der Waals surface area contributed by atoms with Crippen LogP contribution in [0.15, 0.2) is 36.4 Å². The second kappa shape index (κ2) is 13.4. The SMILES string of the molecule is COCC(CC(=O)O)c1ccc(N(CC(C)C)CC(C)C)c(NC(=O)Cc2ccc(Cl)cc2F)c1. The Balaban J connectivity index is 2.46. The fraction of sp³-hybridized carbons (Fsp3) is 0.481. The second-order valence-corrected chi connectivity index (χ2v) is 10.1. The maximum atomic E-state index is 14.3. The molecule has 0 aromatic heterocycles. The summed E-state index contributed by atoms with van der Waals surface area (Å²) in [4.78, 5) is 26.6. The van der Waals surface area contributed by atoms with Gasteiger partial charge in [-0.25, -0.2) is 4.39 Å². The Bertz CT molecular complexity index is 1000. The van der Waals surface area contributed by atoms with Gasteiger partial charge in [0.05, 0.1) is 30.8 Å². The van der Waals surface area contributed by atoms with Gasteiger partial charge >= 0.3 is 5.97 Å². The number of anilines is 2. The van der Waals surface area contributed by atoms with Crippen molar-refractivity contribution in [2.45, 2.75) is 46.5 Å². The van der Waals surface area contributed by atoms with Crippen molar-refractivity contribution < 1.29 is 23.8 Å². The van der Waals surface area contributed by atoms with Gasteiger partial charge in [-0.05, 0) is 47.2 Å². The Kier molecular flexibility index (Phi) is 11.0. The molecule has 0 heterocycles. The van der Waals surface area contributed by atoms with Gasteiger partial charge in [0.15, 0.2) is 0 Å². The van der Waals surface area contributed by atoms with E-state index in [1.54, 1.807) is 6.07 Å². The highest BCUT2D eigenvalue weighted by atomic mass is 35.5. The number of aliphatic carboxylic acids is 1. The monoisotopic (exact) mass is 506 g/mol. The molecule has 0 aliphatic carbocycles. The van der Waals surface area contributed by atoms with Crippen LogP contribution in [-0.2, 0) is 20.7 Å². The molecule has 2 N–H and O–H groups in total. The summed E-state index contributed by atoms with van der Waals surface area (Å²) >= 11 is 5.83. The molecule has 0 aliphatic heterocycles. The normalized spacial score (nSPS) is 12.1. The minimum Gasteiger partial charge on any atom is -0.481 e. The highest BCUT2D eigenvalue weighted by Crippen LogP contribution is 2.33. The molecule has 0 aliphatic rings. The first-order valence-corrected chi connectivity index (χ1v) is 12.2. The molecule has 192 valence electrons. The lowest BCUT2D eigenvalue weighted by molar-refractivity contribution is -0.137. The van der Waals surface area contributed by atoms with Crippen molar-refractivity contribution in [2.75, 3.05) is 37.0 Å². The molecule has 0 saturated carbocycles. The number of amides is 1. The van der Waals surface area contributed by atoms with E-state index >= 15 is 0 Å². The van der Waals surface area contributed by atoms with Gasteiger partial charge in [-0.3, -0.25) is 9.59 Å². The number of nitrogens with zero attached hydrogens (tertiary/aromatic N) is 1. The van der Waals surface area contributed by atoms with Gasteiger partial charge in [0.1, 0.15) is 5.82 Å². The average molecular weight is 507 g/mol. The zero-order valence-electron chi connectivity index (χ0n) is 21.1. The fourth-order valence-electron chi connectivity index (χ4n) is 4.05. The number of hydrogen-bond acceptors (Lipinski definition) is 4. The molecule has 0 radical (unpaired) electrons. The largest absolute Gasteiger partial charge is 0.481 e. The lowest BCUT2D eigenvalue weighted by atomic mass is 9.95. The molecule has 1 atom stereocenters. The summed E-state index contributed by atoms with van der Waals surface area (Å²) in [5, 5.41) is 12.6. The maximum absolute atomic E-state index is 14.3. The van der Waals surface area contributed by atoms with E-state index < -0.39 is 11.8 Å². The molecule has 0 saturated heterocycles. The van der Waals surface area contributed by atoms with Crippen LogP contribution in [0.25, 0.3) is 0 Å². The summed E-state index contributed by atoms with van der Waals surface area (Å²) in [6, 6.07) is 9.86. The van der Waals surface area contributed by atoms with Crippen LogP contribution in [0.1, 0.15) is 51.2 Å². The number of carboxylic acid groups (broad SMARTS) is 1. The summed E-state index contributed by atoms with van der Waals surface area (Å²) in [6.45, 7) is 10.3. The third-order valence-corrected chi connectivity index (χ3v) is 5.67. The Morgan fingerprint density at radius 1 is 1.09 bits per heavy atom. The predicted octanol–water partition coefficient (Wildman–Crippen LogP) is 5.98. The van der Waals surface area contributed by atoms with Crippen molar-refractivity contribution in [1.82, 2.24) is 0 Å². The van der Waals surface area contributed by atoms with E-state index in [9.17, 15) is 19.1 Å². The summed E-state index contributed by atoms with van der Waals surface area (Å²) in [5.41, 5.74) is 2.40. The van der Waals surface area contributed by atoms with Crippen LogP contribution in [0, 0.1) is 17.7 Å². The van der Waals surface area contributed by atoms with E-state index in [1.807, 2.05) is 18.2 Å². The predicted molar refractivity (Wildman–Crippen MR) is 139 cm³/mol. The Morgan fingerprint density at radius 3 is 2.29 bits per heavy atom. The summed E-state index contributed by atoms with van der Waals surface area (Å²) in [6.07, 6.45) is -0.254. The Hall–Kier alpha value is -2.64. The molecule has 2 aromatic carbocycles. The smallest absolute Gasteiger partial charge is 0.304 e. The molecule has 1 unspecified atom stereocenters. The Morgan fingerprint density at radius 2 is 1.74 bits per heavy atom. The van der Waals surface area contributed by atoms with Gasteiger partial charge < -0.3 is 20.1 Å². The van der Waals surface area contributed by atoms with E-state index in [2.05, 4.69) is 37.9 Å². The van der Waals surface area contributed by atoms with Gasteiger partial charge in [0, 0.05) is 31.1 Å². The molecular formula is C27H36ClFN2O4. The van der Waals surface area contributed by atoms with E-state index in [0.717, 1.165) is 24.3 Å². The molecule has 0 fully saturated rings. The van der Waals surface area contributed by atoms with E-state index in [0.29, 0.717) is 17.5 Å². The van der Waals surface area contributed by atoms with Gasteiger partial charge in [-0.2, -0.15) is 0 Å². The summed E-state index contributed by atoms with van der Waals surface area (Å²) in [5.74, 6) is -1.45. The average Bonchev–Trinajstić information content (AvgIpc) is 2.74. The number of carbonyl (C=O) groups is 2. The van der Waals surface area contributed by atoms with Gasteiger partial charge in [0.25, 0.3) is 0 Å². The van der Waals surface area contributed by atoms with Crippen LogP contribution in [0.5, 0.6) is 0 Å². The zero-order valence-corrected chi connectivity index (χ0v) is 21.9. The van der Waals surface area contributed by atoms with Gasteiger partial charge in [-0.1, -0.05) is 51.4 Å². The highest BCUT2D eigenvalue weighted by molar-refractivity contribution is 6.30. The fourth-order valence-corrected chi connectivity index (χ4v) is 4.21. The molecule has 0 spiro atoms. The zero-order chi connectivity index (χ0) is 26.1. The van der Waals surface area contributed by atoms with Crippen molar-refractivity contribution >= 4 is 34.9 Å². The first kappa shape index (κ1) is 28.6. The lowest BCUT2D eigenvalue weighted by Gasteiger charge is -2.31. The first-order chi connectivity index (χ1) is 16.5. The van der Waals surface area contributed by atoms with Crippen LogP contribution in [-0.4, -0.2) is 43.8 Å². The highest BCUT2D eigenvalue weighted by Gasteiger charge is 2.21.